The number of carbonyl (C=O) groups is 2. The topological polar surface area (TPSA) is 101 Å². The maximum Gasteiger partial charge on any atom is 0.326 e. The molecule has 0 saturated heterocycles. The Morgan fingerprint density at radius 2 is 1.54 bits per heavy atom. The number of unbranched alkanes of at least 4 members (excludes halogenated alkanes) is 4. The Hall–Kier alpha value is -5.04. The molecule has 0 aliphatic heterocycles. The zero-order valence-electron chi connectivity index (χ0n) is 26.3. The molecule has 1 aromatic heterocycles. The van der Waals surface area contributed by atoms with Crippen LogP contribution in [0.4, 0.5) is 0 Å². The first kappa shape index (κ1) is 32.4. The molecule has 3 aromatic carbocycles. The molecular weight excluding hydrogens is 574 g/mol. The number of ether oxygens (including phenoxy) is 1. The lowest BCUT2D eigenvalue weighted by molar-refractivity contribution is -0.139. The fourth-order valence-corrected chi connectivity index (χ4v) is 5.44. The van der Waals surface area contributed by atoms with E-state index < -0.39 is 17.9 Å². The van der Waals surface area contributed by atoms with Crippen molar-refractivity contribution in [2.24, 2.45) is 0 Å². The maximum atomic E-state index is 12.9. The van der Waals surface area contributed by atoms with Gasteiger partial charge in [0, 0.05) is 35.9 Å². The lowest BCUT2D eigenvalue weighted by Gasteiger charge is -2.17. The summed E-state index contributed by atoms with van der Waals surface area (Å²) in [5.74, 6) is 0.219. The quantitative estimate of drug-likeness (QED) is 0.131. The van der Waals surface area contributed by atoms with Gasteiger partial charge in [-0.05, 0) is 59.4 Å². The molecule has 1 aliphatic carbocycles. The normalized spacial score (nSPS) is 14.7. The molecule has 4 aromatic rings. The standard InChI is InChI=1S/C39H41N3O4/c1-2-3-4-5-9-24-46-35-22-20-31(21-23-35)34-26-40-37(41-27-34)32-14-12-28(13-15-32)25-36(39(44)45)42-38(43)33-18-16-30(17-19-33)29-10-7-6-8-11-29/h6-8,10-20,22-23,26-27,31,36H,2-5,9,21,24-25H2,1H3,(H,42,43)(H,44,45)/t31?,36-/m0/s1. The lowest BCUT2D eigenvalue weighted by Crippen LogP contribution is -2.42. The molecule has 0 radical (unpaired) electrons. The third kappa shape index (κ3) is 9.00. The first-order chi connectivity index (χ1) is 22.5. The molecular formula is C39H41N3O4. The van der Waals surface area contributed by atoms with Crippen LogP contribution in [0.15, 0.2) is 115 Å². The fraction of sp³-hybridized carbons (Fsp3) is 0.282. The van der Waals surface area contributed by atoms with Crippen LogP contribution in [-0.4, -0.2) is 39.6 Å². The van der Waals surface area contributed by atoms with Gasteiger partial charge in [0.15, 0.2) is 5.82 Å². The van der Waals surface area contributed by atoms with Crippen molar-refractivity contribution in [3.05, 3.63) is 132 Å². The minimum absolute atomic E-state index is 0.148. The van der Waals surface area contributed by atoms with Crippen LogP contribution >= 0.6 is 0 Å². The number of nitrogens with zero attached hydrogens (tertiary/aromatic N) is 2. The van der Waals surface area contributed by atoms with Gasteiger partial charge in [-0.3, -0.25) is 4.79 Å². The van der Waals surface area contributed by atoms with Crippen molar-refractivity contribution in [2.45, 2.75) is 63.8 Å². The SMILES string of the molecule is CCCCCCCOC1=CCC(c2cnc(-c3ccc(C[C@H](NC(=O)c4ccc(-c5ccccc5)cc4)C(=O)O)cc3)nc2)C=C1. The molecule has 236 valence electrons. The summed E-state index contributed by atoms with van der Waals surface area (Å²) in [7, 11) is 0. The number of nitrogens with one attached hydrogen (secondary N) is 1. The Morgan fingerprint density at radius 1 is 0.870 bits per heavy atom. The highest BCUT2D eigenvalue weighted by molar-refractivity contribution is 5.97. The monoisotopic (exact) mass is 615 g/mol. The molecule has 2 N–H and O–H groups in total. The van der Waals surface area contributed by atoms with E-state index in [2.05, 4.69) is 34.4 Å². The van der Waals surface area contributed by atoms with Crippen LogP contribution in [0.1, 0.15) is 72.9 Å². The minimum Gasteiger partial charge on any atom is -0.494 e. The zero-order valence-corrected chi connectivity index (χ0v) is 26.3. The van der Waals surface area contributed by atoms with Crippen LogP contribution in [-0.2, 0) is 16.0 Å². The molecule has 1 aliphatic rings. The van der Waals surface area contributed by atoms with Gasteiger partial charge >= 0.3 is 5.97 Å². The van der Waals surface area contributed by atoms with Crippen molar-refractivity contribution in [3.63, 3.8) is 0 Å². The summed E-state index contributed by atoms with van der Waals surface area (Å²) in [4.78, 5) is 34.1. The Balaban J connectivity index is 1.12. The van der Waals surface area contributed by atoms with Crippen LogP contribution in [0.3, 0.4) is 0 Å². The smallest absolute Gasteiger partial charge is 0.326 e. The van der Waals surface area contributed by atoms with E-state index in [0.29, 0.717) is 11.4 Å². The van der Waals surface area contributed by atoms with Crippen molar-refractivity contribution >= 4 is 11.9 Å². The van der Waals surface area contributed by atoms with E-state index in [4.69, 9.17) is 4.74 Å². The van der Waals surface area contributed by atoms with Crippen LogP contribution in [0.5, 0.6) is 0 Å². The summed E-state index contributed by atoms with van der Waals surface area (Å²) in [5, 5.41) is 12.5. The molecule has 1 heterocycles. The Kier molecular flexibility index (Phi) is 11.5. The van der Waals surface area contributed by atoms with E-state index in [9.17, 15) is 14.7 Å². The van der Waals surface area contributed by atoms with Gasteiger partial charge in [-0.2, -0.15) is 0 Å². The average Bonchev–Trinajstić information content (AvgIpc) is 3.10. The molecule has 5 rings (SSSR count). The molecule has 1 unspecified atom stereocenters. The highest BCUT2D eigenvalue weighted by Gasteiger charge is 2.21. The molecule has 0 saturated carbocycles. The molecule has 7 heteroatoms. The van der Waals surface area contributed by atoms with Gasteiger partial charge in [-0.25, -0.2) is 14.8 Å². The van der Waals surface area contributed by atoms with Crippen LogP contribution in [0.25, 0.3) is 22.5 Å². The van der Waals surface area contributed by atoms with Gasteiger partial charge < -0.3 is 15.2 Å². The first-order valence-corrected chi connectivity index (χ1v) is 16.1. The Labute approximate surface area is 271 Å². The van der Waals surface area contributed by atoms with Crippen molar-refractivity contribution < 1.29 is 19.4 Å². The van der Waals surface area contributed by atoms with Crippen molar-refractivity contribution in [1.82, 2.24) is 15.3 Å². The van der Waals surface area contributed by atoms with E-state index in [0.717, 1.165) is 53.0 Å². The van der Waals surface area contributed by atoms with Gasteiger partial charge in [-0.1, -0.05) is 105 Å². The van der Waals surface area contributed by atoms with Crippen molar-refractivity contribution in [3.8, 4) is 22.5 Å². The number of aliphatic carboxylic acids is 1. The number of allylic oxidation sites excluding steroid dienone is 3. The molecule has 0 bridgehead atoms. The number of aromatic nitrogens is 2. The number of amides is 1. The third-order valence-corrected chi connectivity index (χ3v) is 8.19. The van der Waals surface area contributed by atoms with Gasteiger partial charge in [0.05, 0.1) is 6.61 Å². The predicted octanol–water partition coefficient (Wildman–Crippen LogP) is 8.15. The largest absolute Gasteiger partial charge is 0.494 e. The second kappa shape index (κ2) is 16.3. The zero-order chi connectivity index (χ0) is 32.1. The van der Waals surface area contributed by atoms with E-state index >= 15 is 0 Å². The molecule has 1 amide bonds. The molecule has 0 fully saturated rings. The van der Waals surface area contributed by atoms with Crippen molar-refractivity contribution in [1.29, 1.82) is 0 Å². The number of benzene rings is 3. The van der Waals surface area contributed by atoms with Crippen LogP contribution < -0.4 is 5.32 Å². The number of rotatable bonds is 15. The summed E-state index contributed by atoms with van der Waals surface area (Å²) < 4.78 is 5.92. The van der Waals surface area contributed by atoms with E-state index in [1.165, 1.54) is 25.7 Å². The van der Waals surface area contributed by atoms with Crippen LogP contribution in [0.2, 0.25) is 0 Å². The second-order valence-corrected chi connectivity index (χ2v) is 11.6. The highest BCUT2D eigenvalue weighted by Crippen LogP contribution is 2.27. The summed E-state index contributed by atoms with van der Waals surface area (Å²) in [6, 6.07) is 23.4. The number of carboxylic acids is 1. The van der Waals surface area contributed by atoms with Crippen molar-refractivity contribution in [2.75, 3.05) is 6.61 Å². The number of hydrogen-bond acceptors (Lipinski definition) is 5. The summed E-state index contributed by atoms with van der Waals surface area (Å²) >= 11 is 0. The summed E-state index contributed by atoms with van der Waals surface area (Å²) in [6.45, 7) is 2.98. The highest BCUT2D eigenvalue weighted by atomic mass is 16.5. The summed E-state index contributed by atoms with van der Waals surface area (Å²) in [5.41, 5.74) is 5.09. The Morgan fingerprint density at radius 3 is 2.20 bits per heavy atom. The molecule has 0 spiro atoms. The molecule has 46 heavy (non-hydrogen) atoms. The summed E-state index contributed by atoms with van der Waals surface area (Å²) in [6.07, 6.45) is 17.2. The van der Waals surface area contributed by atoms with E-state index in [1.54, 1.807) is 12.1 Å². The average molecular weight is 616 g/mol. The molecule has 2 atom stereocenters. The first-order valence-electron chi connectivity index (χ1n) is 16.1. The van der Waals surface area contributed by atoms with Gasteiger partial charge in [0.2, 0.25) is 0 Å². The van der Waals surface area contributed by atoms with Gasteiger partial charge in [0.1, 0.15) is 11.8 Å². The van der Waals surface area contributed by atoms with E-state index in [-0.39, 0.29) is 12.3 Å². The van der Waals surface area contributed by atoms with E-state index in [1.807, 2.05) is 85.2 Å². The Bertz CT molecular complexity index is 1630. The number of hydrogen-bond donors (Lipinski definition) is 2. The maximum absolute atomic E-state index is 12.9. The predicted molar refractivity (Wildman–Crippen MR) is 181 cm³/mol. The molecule has 7 nitrogen and oxygen atoms in total. The van der Waals surface area contributed by atoms with Gasteiger partial charge in [-0.15, -0.1) is 0 Å². The number of carboxylic acid groups (broad SMARTS) is 1. The minimum atomic E-state index is -1.09. The van der Waals surface area contributed by atoms with Gasteiger partial charge in [0.25, 0.3) is 5.91 Å². The van der Waals surface area contributed by atoms with Crippen LogP contribution in [0, 0.1) is 0 Å². The second-order valence-electron chi connectivity index (χ2n) is 11.6. The lowest BCUT2D eigenvalue weighted by atomic mass is 9.94. The number of carbonyl (C=O) groups excluding carboxylic acids is 1. The fourth-order valence-electron chi connectivity index (χ4n) is 5.44. The third-order valence-electron chi connectivity index (χ3n) is 8.19.